The van der Waals surface area contributed by atoms with Crippen molar-refractivity contribution in [2.45, 2.75) is 19.4 Å². The fourth-order valence-corrected chi connectivity index (χ4v) is 3.18. The van der Waals surface area contributed by atoms with Gasteiger partial charge in [-0.05, 0) is 30.7 Å². The van der Waals surface area contributed by atoms with Crippen LogP contribution in [0.1, 0.15) is 23.6 Å². The second kappa shape index (κ2) is 5.26. The van der Waals surface area contributed by atoms with Crippen LogP contribution in [0.3, 0.4) is 0 Å². The number of nitrogens with one attached hydrogen (secondary N) is 1. The summed E-state index contributed by atoms with van der Waals surface area (Å²) >= 11 is 0. The lowest BCUT2D eigenvalue weighted by Crippen LogP contribution is -2.22. The van der Waals surface area contributed by atoms with E-state index < -0.39 is 0 Å². The first kappa shape index (κ1) is 14.1. The molecule has 3 aromatic rings. The Bertz CT molecular complexity index is 887. The van der Waals surface area contributed by atoms with Crippen molar-refractivity contribution in [2.75, 3.05) is 11.9 Å². The number of rotatable bonds is 2. The molecule has 1 aliphatic rings. The fraction of sp³-hybridized carbons (Fsp3) is 0.278. The molecule has 0 fully saturated rings. The summed E-state index contributed by atoms with van der Waals surface area (Å²) in [5, 5.41) is 3.49. The third-order valence-electron chi connectivity index (χ3n) is 4.42. The van der Waals surface area contributed by atoms with E-state index >= 15 is 0 Å². The van der Waals surface area contributed by atoms with Crippen molar-refractivity contribution >= 4 is 17.0 Å². The quantitative estimate of drug-likeness (QED) is 0.778. The summed E-state index contributed by atoms with van der Waals surface area (Å²) in [6, 6.07) is 11.0. The number of para-hydroxylation sites is 1. The van der Waals surface area contributed by atoms with Gasteiger partial charge >= 0.3 is 0 Å². The number of ether oxygens (including phenoxy) is 1. The molecular formula is C18H18FN3O. The van der Waals surface area contributed by atoms with Gasteiger partial charge in [0.15, 0.2) is 0 Å². The lowest BCUT2D eigenvalue weighted by atomic mass is 9.98. The molecule has 1 aliphatic heterocycles. The maximum Gasteiger partial charge on any atom is 0.204 e. The van der Waals surface area contributed by atoms with Gasteiger partial charge in [0.2, 0.25) is 5.95 Å². The summed E-state index contributed by atoms with van der Waals surface area (Å²) in [7, 11) is 1.90. The van der Waals surface area contributed by atoms with Crippen LogP contribution in [0.25, 0.3) is 11.0 Å². The molecule has 1 atom stereocenters. The van der Waals surface area contributed by atoms with Gasteiger partial charge < -0.3 is 14.6 Å². The second-order valence-corrected chi connectivity index (χ2v) is 5.95. The number of aromatic nitrogens is 2. The summed E-state index contributed by atoms with van der Waals surface area (Å²) in [5.41, 5.74) is 3.85. The summed E-state index contributed by atoms with van der Waals surface area (Å²) in [5.74, 6) is 1.45. The Balaban J connectivity index is 1.72. The van der Waals surface area contributed by atoms with Crippen molar-refractivity contribution in [3.63, 3.8) is 0 Å². The monoisotopic (exact) mass is 311 g/mol. The number of benzene rings is 2. The standard InChI is InChI=1S/C18H18FN3O/c1-11-4-3-5-13-14(8-9-23-17(11)13)20-18-21-15-7-6-12(19)10-16(15)22(18)2/h3-7,10,14H,8-9H2,1-2H3,(H,20,21). The Morgan fingerprint density at radius 1 is 1.30 bits per heavy atom. The van der Waals surface area contributed by atoms with Gasteiger partial charge in [-0.15, -0.1) is 0 Å². The number of hydrogen-bond acceptors (Lipinski definition) is 3. The molecule has 0 radical (unpaired) electrons. The highest BCUT2D eigenvalue weighted by molar-refractivity contribution is 5.78. The predicted molar refractivity (Wildman–Crippen MR) is 88.3 cm³/mol. The molecule has 0 spiro atoms. The minimum absolute atomic E-state index is 0.138. The van der Waals surface area contributed by atoms with Gasteiger partial charge in [-0.1, -0.05) is 18.2 Å². The molecule has 23 heavy (non-hydrogen) atoms. The Kier molecular flexibility index (Phi) is 3.22. The summed E-state index contributed by atoms with van der Waals surface area (Å²) in [6.07, 6.45) is 0.869. The number of hydrogen-bond donors (Lipinski definition) is 1. The zero-order valence-corrected chi connectivity index (χ0v) is 13.1. The average Bonchev–Trinajstić information content (AvgIpc) is 2.85. The maximum absolute atomic E-state index is 13.4. The molecule has 1 aromatic heterocycles. The zero-order valence-electron chi connectivity index (χ0n) is 13.1. The molecule has 1 N–H and O–H groups in total. The molecule has 1 unspecified atom stereocenters. The van der Waals surface area contributed by atoms with Crippen LogP contribution in [0.2, 0.25) is 0 Å². The lowest BCUT2D eigenvalue weighted by molar-refractivity contribution is 0.272. The minimum Gasteiger partial charge on any atom is -0.493 e. The van der Waals surface area contributed by atoms with Gasteiger partial charge in [-0.25, -0.2) is 9.37 Å². The molecule has 5 heteroatoms. The first-order valence-electron chi connectivity index (χ1n) is 7.74. The van der Waals surface area contributed by atoms with Crippen LogP contribution in [-0.2, 0) is 7.05 Å². The van der Waals surface area contributed by atoms with Crippen molar-refractivity contribution in [3.8, 4) is 5.75 Å². The number of fused-ring (bicyclic) bond motifs is 2. The highest BCUT2D eigenvalue weighted by atomic mass is 19.1. The van der Waals surface area contributed by atoms with E-state index in [4.69, 9.17) is 4.74 Å². The molecule has 0 saturated carbocycles. The molecule has 0 aliphatic carbocycles. The van der Waals surface area contributed by atoms with Crippen molar-refractivity contribution in [3.05, 3.63) is 53.3 Å². The van der Waals surface area contributed by atoms with E-state index in [0.29, 0.717) is 6.61 Å². The second-order valence-electron chi connectivity index (χ2n) is 5.95. The third-order valence-corrected chi connectivity index (χ3v) is 4.42. The predicted octanol–water partition coefficient (Wildman–Crippen LogP) is 3.96. The molecule has 4 nitrogen and oxygen atoms in total. The van der Waals surface area contributed by atoms with Crippen LogP contribution in [-0.4, -0.2) is 16.2 Å². The van der Waals surface area contributed by atoms with E-state index in [1.807, 2.05) is 17.7 Å². The molecule has 2 aromatic carbocycles. The van der Waals surface area contributed by atoms with Gasteiger partial charge in [0.1, 0.15) is 11.6 Å². The molecular weight excluding hydrogens is 293 g/mol. The van der Waals surface area contributed by atoms with Gasteiger partial charge in [-0.2, -0.15) is 0 Å². The van der Waals surface area contributed by atoms with Crippen LogP contribution in [0.15, 0.2) is 36.4 Å². The molecule has 2 heterocycles. The van der Waals surface area contributed by atoms with Crippen molar-refractivity contribution in [1.29, 1.82) is 0 Å². The number of anilines is 1. The highest BCUT2D eigenvalue weighted by Gasteiger charge is 2.24. The smallest absolute Gasteiger partial charge is 0.204 e. The van der Waals surface area contributed by atoms with Crippen LogP contribution in [0, 0.1) is 12.7 Å². The first-order chi connectivity index (χ1) is 11.1. The normalized spacial score (nSPS) is 16.9. The van der Waals surface area contributed by atoms with Crippen LogP contribution >= 0.6 is 0 Å². The van der Waals surface area contributed by atoms with Crippen molar-refractivity contribution in [2.24, 2.45) is 7.05 Å². The Morgan fingerprint density at radius 3 is 3.04 bits per heavy atom. The van der Waals surface area contributed by atoms with E-state index in [9.17, 15) is 4.39 Å². The molecule has 4 rings (SSSR count). The molecule has 0 bridgehead atoms. The largest absolute Gasteiger partial charge is 0.493 e. The SMILES string of the molecule is Cc1cccc2c1OCCC2Nc1nc2ccc(F)cc2n1C. The van der Waals surface area contributed by atoms with Crippen LogP contribution < -0.4 is 10.1 Å². The molecule has 0 saturated heterocycles. The number of imidazole rings is 1. The van der Waals surface area contributed by atoms with E-state index in [0.717, 1.165) is 40.3 Å². The molecule has 0 amide bonds. The first-order valence-corrected chi connectivity index (χ1v) is 7.74. The Morgan fingerprint density at radius 2 is 2.17 bits per heavy atom. The number of aryl methyl sites for hydroxylation is 2. The Labute approximate surface area is 133 Å². The van der Waals surface area contributed by atoms with Gasteiger partial charge in [-0.3, -0.25) is 0 Å². The summed E-state index contributed by atoms with van der Waals surface area (Å²) in [4.78, 5) is 4.59. The van der Waals surface area contributed by atoms with Crippen molar-refractivity contribution < 1.29 is 9.13 Å². The summed E-state index contributed by atoms with van der Waals surface area (Å²) in [6.45, 7) is 2.73. The Hall–Kier alpha value is -2.56. The minimum atomic E-state index is -0.251. The van der Waals surface area contributed by atoms with E-state index in [-0.39, 0.29) is 11.9 Å². The van der Waals surface area contributed by atoms with Gasteiger partial charge in [0.05, 0.1) is 23.7 Å². The number of halogens is 1. The van der Waals surface area contributed by atoms with Gasteiger partial charge in [0, 0.05) is 19.0 Å². The topological polar surface area (TPSA) is 39.1 Å². The van der Waals surface area contributed by atoms with E-state index in [1.54, 1.807) is 6.07 Å². The van der Waals surface area contributed by atoms with E-state index in [1.165, 1.54) is 12.1 Å². The average molecular weight is 311 g/mol. The zero-order chi connectivity index (χ0) is 16.0. The molecule has 118 valence electrons. The highest BCUT2D eigenvalue weighted by Crippen LogP contribution is 2.36. The van der Waals surface area contributed by atoms with Crippen LogP contribution in [0.5, 0.6) is 5.75 Å². The van der Waals surface area contributed by atoms with Crippen LogP contribution in [0.4, 0.5) is 10.3 Å². The van der Waals surface area contributed by atoms with Gasteiger partial charge in [0.25, 0.3) is 0 Å². The third kappa shape index (κ3) is 2.32. The van der Waals surface area contributed by atoms with Crippen molar-refractivity contribution in [1.82, 2.24) is 9.55 Å². The summed E-state index contributed by atoms with van der Waals surface area (Å²) < 4.78 is 21.2. The maximum atomic E-state index is 13.4. The lowest BCUT2D eigenvalue weighted by Gasteiger charge is -2.28. The number of nitrogens with zero attached hydrogens (tertiary/aromatic N) is 2. The fourth-order valence-electron chi connectivity index (χ4n) is 3.18. The van der Waals surface area contributed by atoms with E-state index in [2.05, 4.69) is 29.4 Å².